The molecule has 6 heteroatoms. The second-order valence-electron chi connectivity index (χ2n) is 6.21. The predicted octanol–water partition coefficient (Wildman–Crippen LogP) is 3.11. The van der Waals surface area contributed by atoms with Crippen molar-refractivity contribution >= 4 is 21.4 Å². The number of nitrogens with zero attached hydrogens (tertiary/aromatic N) is 1. The monoisotopic (exact) mass is 346 g/mol. The summed E-state index contributed by atoms with van der Waals surface area (Å²) in [7, 11) is -0.0216. The van der Waals surface area contributed by atoms with Gasteiger partial charge in [0.2, 0.25) is 0 Å². The van der Waals surface area contributed by atoms with Crippen LogP contribution in [0.2, 0.25) is 0 Å². The number of aryl methyl sites for hydroxylation is 2. The van der Waals surface area contributed by atoms with Crippen LogP contribution in [0, 0.1) is 13.8 Å². The van der Waals surface area contributed by atoms with Crippen molar-refractivity contribution in [2.75, 3.05) is 30.3 Å². The van der Waals surface area contributed by atoms with Crippen molar-refractivity contribution in [1.29, 1.82) is 0 Å². The summed E-state index contributed by atoms with van der Waals surface area (Å²) in [5.41, 5.74) is 4.37. The Balaban J connectivity index is 1.94. The van der Waals surface area contributed by atoms with Gasteiger partial charge in [-0.05, 0) is 67.3 Å². The summed E-state index contributed by atoms with van der Waals surface area (Å²) >= 11 is 0. The van der Waals surface area contributed by atoms with Crippen LogP contribution in [0.5, 0.6) is 5.75 Å². The fourth-order valence-electron chi connectivity index (χ4n) is 3.11. The van der Waals surface area contributed by atoms with Gasteiger partial charge in [0.25, 0.3) is 10.0 Å². The van der Waals surface area contributed by atoms with Crippen LogP contribution in [0.4, 0.5) is 11.4 Å². The average Bonchev–Trinajstić information content (AvgIpc) is 2.89. The van der Waals surface area contributed by atoms with Gasteiger partial charge < -0.3 is 9.64 Å². The highest BCUT2D eigenvalue weighted by atomic mass is 32.2. The molecule has 0 amide bonds. The summed E-state index contributed by atoms with van der Waals surface area (Å²) in [4.78, 5) is 2.45. The average molecular weight is 346 g/mol. The molecule has 1 N–H and O–H groups in total. The second-order valence-corrected chi connectivity index (χ2v) is 7.86. The first-order valence-corrected chi connectivity index (χ1v) is 9.32. The zero-order valence-corrected chi connectivity index (χ0v) is 15.2. The molecule has 1 aliphatic rings. The van der Waals surface area contributed by atoms with Gasteiger partial charge in [0.05, 0.1) is 12.0 Å². The van der Waals surface area contributed by atoms with Crippen molar-refractivity contribution in [3.8, 4) is 5.75 Å². The summed E-state index contributed by atoms with van der Waals surface area (Å²) in [6.45, 7) is 4.57. The minimum atomic E-state index is -3.64. The molecule has 2 aromatic carbocycles. The minimum absolute atomic E-state index is 0.276. The smallest absolute Gasteiger partial charge is 0.262 e. The van der Waals surface area contributed by atoms with Gasteiger partial charge in [-0.2, -0.15) is 0 Å². The summed E-state index contributed by atoms with van der Waals surface area (Å²) in [5.74, 6) is 0.687. The van der Waals surface area contributed by atoms with E-state index in [0.717, 1.165) is 24.2 Å². The number of fused-ring (bicyclic) bond motifs is 1. The lowest BCUT2D eigenvalue weighted by Crippen LogP contribution is -2.15. The third-order valence-electron chi connectivity index (χ3n) is 4.44. The molecule has 2 aromatic rings. The van der Waals surface area contributed by atoms with Crippen molar-refractivity contribution < 1.29 is 13.2 Å². The lowest BCUT2D eigenvalue weighted by Gasteiger charge is -2.15. The Morgan fingerprint density at radius 3 is 2.58 bits per heavy atom. The van der Waals surface area contributed by atoms with E-state index >= 15 is 0 Å². The molecule has 5 nitrogen and oxygen atoms in total. The summed E-state index contributed by atoms with van der Waals surface area (Å²) in [6, 6.07) is 9.09. The molecule has 0 bridgehead atoms. The maximum atomic E-state index is 12.8. The predicted molar refractivity (Wildman–Crippen MR) is 96.7 cm³/mol. The Bertz CT molecular complexity index is 891. The lowest BCUT2D eigenvalue weighted by atomic mass is 10.1. The molecular formula is C18H22N2O3S. The number of ether oxygens (including phenoxy) is 1. The van der Waals surface area contributed by atoms with E-state index in [4.69, 9.17) is 4.74 Å². The Hall–Kier alpha value is -2.21. The fourth-order valence-corrected chi connectivity index (χ4v) is 4.47. The number of nitrogens with one attached hydrogen (secondary N) is 1. The molecule has 0 aromatic heterocycles. The van der Waals surface area contributed by atoms with Crippen molar-refractivity contribution in [2.24, 2.45) is 0 Å². The minimum Gasteiger partial charge on any atom is -0.496 e. The largest absolute Gasteiger partial charge is 0.496 e. The Morgan fingerprint density at radius 1 is 1.12 bits per heavy atom. The van der Waals surface area contributed by atoms with Gasteiger partial charge >= 0.3 is 0 Å². The highest BCUT2D eigenvalue weighted by molar-refractivity contribution is 7.92. The topological polar surface area (TPSA) is 58.6 Å². The van der Waals surface area contributed by atoms with Crippen LogP contribution >= 0.6 is 0 Å². The molecule has 0 unspecified atom stereocenters. The molecule has 0 aliphatic carbocycles. The number of hydrogen-bond acceptors (Lipinski definition) is 4. The molecular weight excluding hydrogens is 324 g/mol. The molecule has 24 heavy (non-hydrogen) atoms. The van der Waals surface area contributed by atoms with Crippen LogP contribution in [0.3, 0.4) is 0 Å². The van der Waals surface area contributed by atoms with E-state index in [1.54, 1.807) is 26.2 Å². The number of likely N-dealkylation sites (N-methyl/N-ethyl adjacent to an activating group) is 1. The summed E-state index contributed by atoms with van der Waals surface area (Å²) < 4.78 is 33.5. The first-order valence-electron chi connectivity index (χ1n) is 7.84. The van der Waals surface area contributed by atoms with Crippen molar-refractivity contribution in [2.45, 2.75) is 25.2 Å². The van der Waals surface area contributed by atoms with Crippen LogP contribution in [0.25, 0.3) is 0 Å². The van der Waals surface area contributed by atoms with Gasteiger partial charge in [0.1, 0.15) is 5.75 Å². The van der Waals surface area contributed by atoms with Crippen LogP contribution in [0.15, 0.2) is 35.2 Å². The molecule has 0 atom stereocenters. The number of rotatable bonds is 4. The van der Waals surface area contributed by atoms with Gasteiger partial charge in [-0.3, -0.25) is 4.72 Å². The third-order valence-corrected chi connectivity index (χ3v) is 5.96. The first-order chi connectivity index (χ1) is 11.3. The maximum Gasteiger partial charge on any atom is 0.262 e. The molecule has 0 saturated carbocycles. The zero-order valence-electron chi connectivity index (χ0n) is 14.4. The number of methoxy groups -OCH3 is 1. The Labute approximate surface area is 143 Å². The molecule has 3 rings (SSSR count). The van der Waals surface area contributed by atoms with Crippen LogP contribution in [-0.4, -0.2) is 29.1 Å². The van der Waals surface area contributed by atoms with Gasteiger partial charge in [-0.15, -0.1) is 0 Å². The van der Waals surface area contributed by atoms with E-state index < -0.39 is 10.0 Å². The van der Waals surface area contributed by atoms with Crippen LogP contribution in [-0.2, 0) is 16.4 Å². The van der Waals surface area contributed by atoms with Gasteiger partial charge in [-0.25, -0.2) is 8.42 Å². The molecule has 1 aliphatic heterocycles. The SMILES string of the molecule is COc1cc(C)c(S(=O)(=O)Nc2ccc3c(c2)CCN3C)cc1C. The Morgan fingerprint density at radius 2 is 1.88 bits per heavy atom. The van der Waals surface area contributed by atoms with E-state index in [2.05, 4.69) is 9.62 Å². The van der Waals surface area contributed by atoms with Gasteiger partial charge in [-0.1, -0.05) is 0 Å². The number of hydrogen-bond donors (Lipinski definition) is 1. The van der Waals surface area contributed by atoms with Gasteiger partial charge in [0, 0.05) is 25.0 Å². The zero-order chi connectivity index (χ0) is 17.5. The highest BCUT2D eigenvalue weighted by Crippen LogP contribution is 2.31. The maximum absolute atomic E-state index is 12.8. The van der Waals surface area contributed by atoms with Crippen molar-refractivity contribution in [1.82, 2.24) is 0 Å². The molecule has 0 saturated heterocycles. The lowest BCUT2D eigenvalue weighted by molar-refractivity contribution is 0.411. The number of benzene rings is 2. The number of anilines is 2. The van der Waals surface area contributed by atoms with Crippen molar-refractivity contribution in [3.63, 3.8) is 0 Å². The fraction of sp³-hybridized carbons (Fsp3) is 0.333. The number of sulfonamides is 1. The summed E-state index contributed by atoms with van der Waals surface area (Å²) in [6.07, 6.45) is 0.933. The van der Waals surface area contributed by atoms with Crippen LogP contribution < -0.4 is 14.4 Å². The quantitative estimate of drug-likeness (QED) is 0.924. The van der Waals surface area contributed by atoms with E-state index in [-0.39, 0.29) is 4.90 Å². The van der Waals surface area contributed by atoms with E-state index in [9.17, 15) is 8.42 Å². The standard InChI is InChI=1S/C18H22N2O3S/c1-12-10-18(13(2)9-17(12)23-4)24(21,22)19-15-5-6-16-14(11-15)7-8-20(16)3/h5-6,9-11,19H,7-8H2,1-4H3. The van der Waals surface area contributed by atoms with E-state index in [1.165, 1.54) is 5.56 Å². The highest BCUT2D eigenvalue weighted by Gasteiger charge is 2.21. The molecule has 0 spiro atoms. The van der Waals surface area contributed by atoms with Crippen molar-refractivity contribution in [3.05, 3.63) is 47.0 Å². The molecule has 0 fully saturated rings. The normalized spacial score (nSPS) is 13.8. The van der Waals surface area contributed by atoms with Crippen LogP contribution in [0.1, 0.15) is 16.7 Å². The summed E-state index contributed by atoms with van der Waals surface area (Å²) in [5, 5.41) is 0. The van der Waals surface area contributed by atoms with E-state index in [1.807, 2.05) is 32.2 Å². The first kappa shape index (κ1) is 16.6. The molecule has 128 valence electrons. The molecule has 1 heterocycles. The van der Waals surface area contributed by atoms with Gasteiger partial charge in [0.15, 0.2) is 0 Å². The third kappa shape index (κ3) is 2.94. The second kappa shape index (κ2) is 6.02. The molecule has 0 radical (unpaired) electrons. The van der Waals surface area contributed by atoms with E-state index in [0.29, 0.717) is 17.0 Å². The Kier molecular flexibility index (Phi) is 4.17.